The van der Waals surface area contributed by atoms with Crippen molar-refractivity contribution in [3.8, 4) is 0 Å². The van der Waals surface area contributed by atoms with Crippen LogP contribution in [-0.4, -0.2) is 26.9 Å². The van der Waals surface area contributed by atoms with Crippen LogP contribution < -0.4 is 4.72 Å². The fourth-order valence-electron chi connectivity index (χ4n) is 2.95. The number of rotatable bonds is 5. The van der Waals surface area contributed by atoms with Gasteiger partial charge in [-0.05, 0) is 43.7 Å². The molecule has 0 aliphatic rings. The number of halogens is 1. The zero-order chi connectivity index (χ0) is 19.9. The fourth-order valence-corrected chi connectivity index (χ4v) is 4.89. The van der Waals surface area contributed by atoms with Gasteiger partial charge < -0.3 is 0 Å². The largest absolute Gasteiger partial charge is 0.276 e. The van der Waals surface area contributed by atoms with Gasteiger partial charge in [-0.3, -0.25) is 9.40 Å². The van der Waals surface area contributed by atoms with Crippen LogP contribution in [0.25, 0.3) is 11.0 Å². The van der Waals surface area contributed by atoms with Crippen LogP contribution in [0.5, 0.6) is 0 Å². The van der Waals surface area contributed by atoms with Gasteiger partial charge in [0.15, 0.2) is 0 Å². The molecule has 0 saturated carbocycles. The van der Waals surface area contributed by atoms with E-state index in [1.165, 1.54) is 18.2 Å². The van der Waals surface area contributed by atoms with Gasteiger partial charge in [-0.2, -0.15) is 13.8 Å². The summed E-state index contributed by atoms with van der Waals surface area (Å²) >= 11 is 0.967. The summed E-state index contributed by atoms with van der Waals surface area (Å²) in [6.45, 7) is 3.92. The number of nitrogens with one attached hydrogen (secondary N) is 1. The highest BCUT2D eigenvalue weighted by Gasteiger charge is 2.23. The van der Waals surface area contributed by atoms with Crippen molar-refractivity contribution < 1.29 is 12.8 Å². The van der Waals surface area contributed by atoms with E-state index in [1.54, 1.807) is 42.8 Å². The fraction of sp³-hybridized carbons (Fsp3) is 0.167. The minimum absolute atomic E-state index is 0.0730. The van der Waals surface area contributed by atoms with Crippen molar-refractivity contribution in [3.63, 3.8) is 0 Å². The molecule has 0 aliphatic heterocycles. The molecule has 0 atom stereocenters. The van der Waals surface area contributed by atoms with E-state index in [0.717, 1.165) is 17.3 Å². The highest BCUT2D eigenvalue weighted by Crippen LogP contribution is 2.27. The molecule has 0 amide bonds. The second kappa shape index (κ2) is 6.95. The van der Waals surface area contributed by atoms with E-state index in [-0.39, 0.29) is 10.7 Å². The van der Waals surface area contributed by atoms with Crippen LogP contribution in [0.3, 0.4) is 0 Å². The van der Waals surface area contributed by atoms with Crippen LogP contribution in [0, 0.1) is 19.7 Å². The number of hydrogen-bond donors (Lipinski definition) is 1. The van der Waals surface area contributed by atoms with E-state index in [0.29, 0.717) is 34.7 Å². The van der Waals surface area contributed by atoms with Gasteiger partial charge in [0.1, 0.15) is 21.7 Å². The first-order valence-corrected chi connectivity index (χ1v) is 10.6. The van der Waals surface area contributed by atoms with E-state index in [9.17, 15) is 12.8 Å². The molecule has 0 fully saturated rings. The summed E-state index contributed by atoms with van der Waals surface area (Å²) in [6, 6.07) is 11.0. The first-order valence-electron chi connectivity index (χ1n) is 8.38. The summed E-state index contributed by atoms with van der Waals surface area (Å²) in [5.41, 5.74) is 3.37. The van der Waals surface area contributed by atoms with Crippen molar-refractivity contribution in [3.05, 3.63) is 65.2 Å². The molecule has 0 bridgehead atoms. The second-order valence-electron chi connectivity index (χ2n) is 6.32. The molecule has 0 saturated heterocycles. The molecule has 7 nitrogen and oxygen atoms in total. The number of aryl methyl sites for hydroxylation is 1. The monoisotopic (exact) mass is 417 g/mol. The predicted molar refractivity (Wildman–Crippen MR) is 105 cm³/mol. The maximum absolute atomic E-state index is 13.1. The number of aromatic nitrogens is 4. The van der Waals surface area contributed by atoms with E-state index in [2.05, 4.69) is 18.6 Å². The van der Waals surface area contributed by atoms with Gasteiger partial charge in [0, 0.05) is 0 Å². The average Bonchev–Trinajstić information content (AvgIpc) is 3.24. The number of hydrogen-bond acceptors (Lipinski definition) is 6. The molecule has 0 radical (unpaired) electrons. The second-order valence-corrected chi connectivity index (χ2v) is 8.50. The van der Waals surface area contributed by atoms with Crippen molar-refractivity contribution in [1.29, 1.82) is 0 Å². The van der Waals surface area contributed by atoms with Gasteiger partial charge in [-0.25, -0.2) is 12.8 Å². The summed E-state index contributed by atoms with van der Waals surface area (Å²) in [5, 5.41) is 4.43. The summed E-state index contributed by atoms with van der Waals surface area (Å²) in [6.07, 6.45) is 0. The molecule has 144 valence electrons. The Labute approximate surface area is 165 Å². The summed E-state index contributed by atoms with van der Waals surface area (Å²) < 4.78 is 51.5. The van der Waals surface area contributed by atoms with Crippen molar-refractivity contribution >= 4 is 38.5 Å². The van der Waals surface area contributed by atoms with Gasteiger partial charge in [0.25, 0.3) is 10.0 Å². The molecule has 0 unspecified atom stereocenters. The number of anilines is 1. The summed E-state index contributed by atoms with van der Waals surface area (Å²) in [5.74, 6) is -0.309. The Kier molecular flexibility index (Phi) is 4.60. The summed E-state index contributed by atoms with van der Waals surface area (Å²) in [7, 11) is -3.87. The Morgan fingerprint density at radius 1 is 1.11 bits per heavy atom. The average molecular weight is 417 g/mol. The third-order valence-corrected chi connectivity index (χ3v) is 6.33. The Bertz CT molecular complexity index is 1260. The Morgan fingerprint density at radius 3 is 2.61 bits per heavy atom. The lowest BCUT2D eigenvalue weighted by Crippen LogP contribution is -2.15. The minimum Gasteiger partial charge on any atom is -0.276 e. The quantitative estimate of drug-likeness (QED) is 0.537. The first kappa shape index (κ1) is 18.5. The zero-order valence-corrected chi connectivity index (χ0v) is 16.7. The third kappa shape index (κ3) is 3.36. The van der Waals surface area contributed by atoms with E-state index in [1.807, 2.05) is 0 Å². The number of benzene rings is 2. The smallest absolute Gasteiger partial charge is 0.264 e. The molecule has 0 spiro atoms. The van der Waals surface area contributed by atoms with Crippen molar-refractivity contribution in [2.75, 3.05) is 4.72 Å². The number of nitrogens with zero attached hydrogens (tertiary/aromatic N) is 4. The van der Waals surface area contributed by atoms with Gasteiger partial charge in [0.2, 0.25) is 0 Å². The van der Waals surface area contributed by atoms with Crippen LogP contribution >= 0.6 is 11.7 Å². The number of fused-ring (bicyclic) bond motifs is 1. The van der Waals surface area contributed by atoms with Crippen molar-refractivity contribution in [1.82, 2.24) is 18.5 Å². The molecular weight excluding hydrogens is 401 g/mol. The molecule has 2 aromatic carbocycles. The molecule has 4 rings (SSSR count). The van der Waals surface area contributed by atoms with Crippen LogP contribution in [-0.2, 0) is 16.6 Å². The van der Waals surface area contributed by atoms with E-state index < -0.39 is 10.0 Å². The molecular formula is C18H16FN5O2S2. The van der Waals surface area contributed by atoms with Gasteiger partial charge >= 0.3 is 0 Å². The molecule has 2 aromatic heterocycles. The Balaban J connectivity index is 1.67. The third-order valence-electron chi connectivity index (χ3n) is 4.40. The van der Waals surface area contributed by atoms with Crippen molar-refractivity contribution in [2.24, 2.45) is 0 Å². The maximum atomic E-state index is 13.1. The molecule has 10 heteroatoms. The molecule has 4 aromatic rings. The van der Waals surface area contributed by atoms with Gasteiger partial charge in [0.05, 0.1) is 35.3 Å². The van der Waals surface area contributed by atoms with Crippen LogP contribution in [0.1, 0.15) is 17.0 Å². The zero-order valence-electron chi connectivity index (χ0n) is 15.0. The number of sulfonamides is 1. The van der Waals surface area contributed by atoms with E-state index in [4.69, 9.17) is 0 Å². The standard InChI is InChI=1S/C18H16FN5O2S2/c1-11-17(12(2)24(20-11)10-13-6-8-14(19)9-7-13)23-28(25,26)16-5-3-4-15-18(16)22-27-21-15/h3-9,23H,10H2,1-2H3. The Hall–Kier alpha value is -2.85. The topological polar surface area (TPSA) is 89.8 Å². The van der Waals surface area contributed by atoms with Crippen LogP contribution in [0.2, 0.25) is 0 Å². The highest BCUT2D eigenvalue weighted by molar-refractivity contribution is 7.93. The molecule has 2 heterocycles. The highest BCUT2D eigenvalue weighted by atomic mass is 32.2. The summed E-state index contributed by atoms with van der Waals surface area (Å²) in [4.78, 5) is 0.0730. The first-order chi connectivity index (χ1) is 13.3. The maximum Gasteiger partial charge on any atom is 0.264 e. The SMILES string of the molecule is Cc1nn(Cc2ccc(F)cc2)c(C)c1NS(=O)(=O)c1cccc2nsnc12. The normalized spacial score (nSPS) is 11.8. The molecule has 28 heavy (non-hydrogen) atoms. The van der Waals surface area contributed by atoms with Crippen molar-refractivity contribution in [2.45, 2.75) is 25.3 Å². The molecule has 1 N–H and O–H groups in total. The lowest BCUT2D eigenvalue weighted by molar-refractivity contribution is 0.601. The van der Waals surface area contributed by atoms with Gasteiger partial charge in [-0.15, -0.1) is 0 Å². The minimum atomic E-state index is -3.87. The molecule has 0 aliphatic carbocycles. The lowest BCUT2D eigenvalue weighted by Gasteiger charge is -2.09. The van der Waals surface area contributed by atoms with Crippen LogP contribution in [0.15, 0.2) is 47.4 Å². The van der Waals surface area contributed by atoms with Gasteiger partial charge in [-0.1, -0.05) is 18.2 Å². The predicted octanol–water partition coefficient (Wildman–Crippen LogP) is 3.49. The van der Waals surface area contributed by atoms with Crippen LogP contribution in [0.4, 0.5) is 10.1 Å². The Morgan fingerprint density at radius 2 is 1.86 bits per heavy atom. The van der Waals surface area contributed by atoms with E-state index >= 15 is 0 Å². The lowest BCUT2D eigenvalue weighted by atomic mass is 10.2.